The average Bonchev–Trinajstić information content (AvgIpc) is 2.66. The molecule has 2 N–H and O–H groups in total. The van der Waals surface area contributed by atoms with E-state index < -0.39 is 15.5 Å². The number of hydrogen-bond acceptors (Lipinski definition) is 5. The first-order chi connectivity index (χ1) is 13.5. The third-order valence-corrected chi connectivity index (χ3v) is 6.45. The zero-order valence-corrected chi connectivity index (χ0v) is 20.4. The van der Waals surface area contributed by atoms with E-state index in [2.05, 4.69) is 20.6 Å². The summed E-state index contributed by atoms with van der Waals surface area (Å²) in [4.78, 5) is 8.51. The Hall–Kier alpha value is -1.35. The molecule has 1 aromatic heterocycles. The quantitative estimate of drug-likeness (QED) is 0.324. The van der Waals surface area contributed by atoms with Crippen molar-refractivity contribution < 1.29 is 26.3 Å². The number of methoxy groups -OCH3 is 1. The third kappa shape index (κ3) is 6.09. The van der Waals surface area contributed by atoms with Crippen LogP contribution in [0.4, 0.5) is 13.2 Å². The zero-order valence-electron chi connectivity index (χ0n) is 17.2. The number of ether oxygens (including phenoxy) is 1. The van der Waals surface area contributed by atoms with Crippen molar-refractivity contribution in [3.63, 3.8) is 0 Å². The van der Waals surface area contributed by atoms with E-state index in [0.717, 1.165) is 22.6 Å². The number of hydrogen-bond donors (Lipinski definition) is 2. The van der Waals surface area contributed by atoms with Gasteiger partial charge in [0.25, 0.3) is 0 Å². The van der Waals surface area contributed by atoms with Gasteiger partial charge in [-0.2, -0.15) is 17.5 Å². The Labute approximate surface area is 191 Å². The fourth-order valence-electron chi connectivity index (χ4n) is 3.19. The fourth-order valence-corrected chi connectivity index (χ4v) is 4.18. The second-order valence-corrected chi connectivity index (χ2v) is 8.67. The van der Waals surface area contributed by atoms with Crippen molar-refractivity contribution in [2.24, 2.45) is 4.99 Å². The van der Waals surface area contributed by atoms with Crippen molar-refractivity contribution in [3.8, 4) is 5.75 Å². The predicted molar refractivity (Wildman–Crippen MR) is 119 cm³/mol. The predicted octanol–water partition coefficient (Wildman–Crippen LogP) is 2.30. The third-order valence-electron chi connectivity index (χ3n) is 4.82. The van der Waals surface area contributed by atoms with Gasteiger partial charge in [-0.05, 0) is 26.7 Å². The van der Waals surface area contributed by atoms with Crippen molar-refractivity contribution in [2.45, 2.75) is 44.8 Å². The number of nitrogens with one attached hydrogen (secondary N) is 2. The standard InChI is InChI=1S/C17H26F3N5O3S.HI/c1-11-9-22-14(12(2)15(11)28-4)10-23-16(21-3)24-13-5-7-25(8-6-13)29(26,27)17(18,19)20;/h9,13H,5-8,10H2,1-4H3,(H2,21,23,24);1H. The number of aromatic nitrogens is 1. The molecule has 1 fully saturated rings. The molecule has 2 rings (SSSR count). The van der Waals surface area contributed by atoms with Crippen LogP contribution in [0.15, 0.2) is 11.2 Å². The van der Waals surface area contributed by atoms with Crippen molar-refractivity contribution in [1.29, 1.82) is 0 Å². The number of sulfonamides is 1. The Balaban J connectivity index is 0.00000450. The molecule has 1 saturated heterocycles. The maximum Gasteiger partial charge on any atom is 0.511 e. The molecule has 0 saturated carbocycles. The first-order valence-corrected chi connectivity index (χ1v) is 10.5. The van der Waals surface area contributed by atoms with Crippen LogP contribution < -0.4 is 15.4 Å². The fraction of sp³-hybridized carbons (Fsp3) is 0.647. The van der Waals surface area contributed by atoms with E-state index in [-0.39, 0.29) is 55.9 Å². The summed E-state index contributed by atoms with van der Waals surface area (Å²) in [7, 11) is -2.11. The maximum atomic E-state index is 12.7. The topological polar surface area (TPSA) is 95.9 Å². The number of guanidine groups is 1. The Kier molecular flexibility index (Phi) is 9.60. The first kappa shape index (κ1) is 26.7. The maximum absolute atomic E-state index is 12.7. The molecule has 0 aromatic carbocycles. The van der Waals surface area contributed by atoms with Gasteiger partial charge in [0.05, 0.1) is 19.3 Å². The van der Waals surface area contributed by atoms with Crippen LogP contribution in [0, 0.1) is 13.8 Å². The number of aryl methyl sites for hydroxylation is 1. The normalized spacial score (nSPS) is 16.7. The molecule has 172 valence electrons. The molecule has 0 bridgehead atoms. The summed E-state index contributed by atoms with van der Waals surface area (Å²) in [6.07, 6.45) is 2.20. The minimum absolute atomic E-state index is 0. The highest BCUT2D eigenvalue weighted by Crippen LogP contribution is 2.29. The molecular formula is C17H27F3IN5O3S. The van der Waals surface area contributed by atoms with Gasteiger partial charge in [-0.3, -0.25) is 9.98 Å². The highest BCUT2D eigenvalue weighted by Gasteiger charge is 2.50. The molecule has 8 nitrogen and oxygen atoms in total. The number of nitrogens with zero attached hydrogens (tertiary/aromatic N) is 3. The van der Waals surface area contributed by atoms with Crippen molar-refractivity contribution >= 4 is 40.0 Å². The van der Waals surface area contributed by atoms with Crippen molar-refractivity contribution in [2.75, 3.05) is 27.2 Å². The van der Waals surface area contributed by atoms with Crippen LogP contribution in [-0.4, -0.2) is 62.5 Å². The molecule has 1 aliphatic heterocycles. The first-order valence-electron chi connectivity index (χ1n) is 9.04. The molecule has 0 aliphatic carbocycles. The lowest BCUT2D eigenvalue weighted by Crippen LogP contribution is -2.51. The van der Waals surface area contributed by atoms with Crippen LogP contribution >= 0.6 is 24.0 Å². The lowest BCUT2D eigenvalue weighted by Gasteiger charge is -2.32. The number of pyridine rings is 1. The van der Waals surface area contributed by atoms with Crippen molar-refractivity contribution in [3.05, 3.63) is 23.0 Å². The van der Waals surface area contributed by atoms with E-state index in [1.54, 1.807) is 20.4 Å². The summed E-state index contributed by atoms with van der Waals surface area (Å²) in [6.45, 7) is 3.78. The van der Waals surface area contributed by atoms with Gasteiger partial charge in [-0.15, -0.1) is 24.0 Å². The molecule has 1 aromatic rings. The number of rotatable bonds is 5. The molecular weight excluding hydrogens is 538 g/mol. The summed E-state index contributed by atoms with van der Waals surface area (Å²) < 4.78 is 66.8. The number of halogens is 4. The van der Waals surface area contributed by atoms with Gasteiger partial charge in [0, 0.05) is 43.5 Å². The molecule has 30 heavy (non-hydrogen) atoms. The Morgan fingerprint density at radius 3 is 2.43 bits per heavy atom. The Bertz CT molecular complexity index is 857. The van der Waals surface area contributed by atoms with Crippen LogP contribution in [0.1, 0.15) is 29.7 Å². The van der Waals surface area contributed by atoms with Gasteiger partial charge < -0.3 is 15.4 Å². The molecule has 0 spiro atoms. The number of piperidine rings is 1. The van der Waals surface area contributed by atoms with Crippen molar-refractivity contribution in [1.82, 2.24) is 19.9 Å². The van der Waals surface area contributed by atoms with Crippen LogP contribution in [0.3, 0.4) is 0 Å². The summed E-state index contributed by atoms with van der Waals surface area (Å²) >= 11 is 0. The van der Waals surface area contributed by atoms with Gasteiger partial charge >= 0.3 is 15.5 Å². The smallest absolute Gasteiger partial charge is 0.496 e. The van der Waals surface area contributed by atoms with Gasteiger partial charge in [-0.25, -0.2) is 8.42 Å². The molecule has 0 unspecified atom stereocenters. The molecule has 0 amide bonds. The van der Waals surface area contributed by atoms with Gasteiger partial charge in [-0.1, -0.05) is 0 Å². The molecule has 2 heterocycles. The highest BCUT2D eigenvalue weighted by atomic mass is 127. The largest absolute Gasteiger partial charge is 0.511 e. The number of alkyl halides is 3. The SMILES string of the molecule is CN=C(NCc1ncc(C)c(OC)c1C)NC1CCN(S(=O)(=O)C(F)(F)F)CC1.I. The van der Waals surface area contributed by atoms with Crippen LogP contribution in [0.2, 0.25) is 0 Å². The van der Waals surface area contributed by atoms with E-state index >= 15 is 0 Å². The van der Waals surface area contributed by atoms with E-state index in [1.807, 2.05) is 13.8 Å². The monoisotopic (exact) mass is 565 g/mol. The summed E-state index contributed by atoms with van der Waals surface area (Å²) in [5.74, 6) is 1.22. The van der Waals surface area contributed by atoms with Crippen LogP contribution in [0.5, 0.6) is 5.75 Å². The van der Waals surface area contributed by atoms with Crippen LogP contribution in [-0.2, 0) is 16.6 Å². The zero-order chi connectivity index (χ0) is 21.8. The van der Waals surface area contributed by atoms with E-state index in [0.29, 0.717) is 16.8 Å². The second kappa shape index (κ2) is 10.8. The Morgan fingerprint density at radius 2 is 1.93 bits per heavy atom. The lowest BCUT2D eigenvalue weighted by molar-refractivity contribution is -0.0494. The minimum atomic E-state index is -5.28. The highest BCUT2D eigenvalue weighted by molar-refractivity contribution is 14.0. The van der Waals surface area contributed by atoms with E-state index in [9.17, 15) is 21.6 Å². The summed E-state index contributed by atoms with van der Waals surface area (Å²) in [6, 6.07) is -0.192. The van der Waals surface area contributed by atoms with Gasteiger partial charge in [0.2, 0.25) is 0 Å². The second-order valence-electron chi connectivity index (χ2n) is 6.74. The Morgan fingerprint density at radius 1 is 1.33 bits per heavy atom. The molecule has 13 heteroatoms. The van der Waals surface area contributed by atoms with E-state index in [4.69, 9.17) is 4.74 Å². The minimum Gasteiger partial charge on any atom is -0.496 e. The molecule has 0 radical (unpaired) electrons. The lowest BCUT2D eigenvalue weighted by atomic mass is 10.1. The van der Waals surface area contributed by atoms with Gasteiger partial charge in [0.15, 0.2) is 5.96 Å². The van der Waals surface area contributed by atoms with E-state index in [1.165, 1.54) is 0 Å². The summed E-state index contributed by atoms with van der Waals surface area (Å²) in [5, 5.41) is 6.24. The average molecular weight is 565 g/mol. The molecule has 0 atom stereocenters. The number of aliphatic imine (C=N–C) groups is 1. The van der Waals surface area contributed by atoms with Gasteiger partial charge in [0.1, 0.15) is 5.75 Å². The molecule has 1 aliphatic rings. The summed E-state index contributed by atoms with van der Waals surface area (Å²) in [5.41, 5.74) is -2.66. The van der Waals surface area contributed by atoms with Crippen LogP contribution in [0.25, 0.3) is 0 Å².